The number of nitro groups is 1. The molecule has 0 aliphatic carbocycles. The monoisotopic (exact) mass is 470 g/mol. The Balaban J connectivity index is 2.00. The van der Waals surface area contributed by atoms with Crippen LogP contribution in [0.4, 0.5) is 23.0 Å². The Morgan fingerprint density at radius 1 is 1.12 bits per heavy atom. The minimum atomic E-state index is -0.595. The van der Waals surface area contributed by atoms with E-state index in [1.165, 1.54) is 6.33 Å². The maximum atomic E-state index is 11.7. The van der Waals surface area contributed by atoms with E-state index in [1.54, 1.807) is 36.4 Å². The number of nitriles is 1. The van der Waals surface area contributed by atoms with Gasteiger partial charge in [0.25, 0.3) is 0 Å². The van der Waals surface area contributed by atoms with Crippen LogP contribution in [0.25, 0.3) is 0 Å². The molecule has 0 radical (unpaired) electrons. The molecule has 1 heterocycles. The molecule has 1 atom stereocenters. The Labute approximate surface area is 195 Å². The maximum absolute atomic E-state index is 11.7. The molecular formula is C22H20Cl2N6O2. The molecule has 0 bridgehead atoms. The van der Waals surface area contributed by atoms with Crippen LogP contribution < -0.4 is 10.6 Å². The van der Waals surface area contributed by atoms with Gasteiger partial charge in [0.2, 0.25) is 11.6 Å². The van der Waals surface area contributed by atoms with Gasteiger partial charge < -0.3 is 10.6 Å². The Bertz CT molecular complexity index is 1190. The molecule has 0 amide bonds. The van der Waals surface area contributed by atoms with E-state index >= 15 is 0 Å². The first-order chi connectivity index (χ1) is 15.2. The van der Waals surface area contributed by atoms with E-state index in [0.29, 0.717) is 21.3 Å². The molecule has 3 rings (SSSR count). The van der Waals surface area contributed by atoms with Crippen molar-refractivity contribution in [2.75, 3.05) is 10.6 Å². The SMILES string of the molecule is Cc1cc(C(C#N)c2ccc(Cl)cc2)c(Cl)cc1Nc1ncnc(NC(C)C)c1[N+](=O)[O-]. The van der Waals surface area contributed by atoms with Gasteiger partial charge in [-0.05, 0) is 55.7 Å². The number of hydrogen-bond donors (Lipinski definition) is 2. The highest BCUT2D eigenvalue weighted by molar-refractivity contribution is 6.32. The number of nitrogens with one attached hydrogen (secondary N) is 2. The van der Waals surface area contributed by atoms with Crippen molar-refractivity contribution in [3.63, 3.8) is 0 Å². The third kappa shape index (κ3) is 5.07. The van der Waals surface area contributed by atoms with Crippen LogP contribution >= 0.6 is 23.2 Å². The molecule has 0 saturated heterocycles. The van der Waals surface area contributed by atoms with Crippen molar-refractivity contribution in [3.05, 3.63) is 79.6 Å². The van der Waals surface area contributed by atoms with Gasteiger partial charge in [0.05, 0.1) is 16.9 Å². The summed E-state index contributed by atoms with van der Waals surface area (Å²) < 4.78 is 0. The average molecular weight is 471 g/mol. The van der Waals surface area contributed by atoms with Crippen molar-refractivity contribution in [1.82, 2.24) is 9.97 Å². The van der Waals surface area contributed by atoms with Gasteiger partial charge in [0.15, 0.2) is 0 Å². The summed E-state index contributed by atoms with van der Waals surface area (Å²) in [5.41, 5.74) is 2.39. The fraction of sp³-hybridized carbons (Fsp3) is 0.227. The van der Waals surface area contributed by atoms with Crippen molar-refractivity contribution >= 4 is 46.2 Å². The lowest BCUT2D eigenvalue weighted by molar-refractivity contribution is -0.383. The highest BCUT2D eigenvalue weighted by Gasteiger charge is 2.25. The molecule has 0 saturated carbocycles. The van der Waals surface area contributed by atoms with Crippen LogP contribution in [0.2, 0.25) is 10.0 Å². The fourth-order valence-electron chi connectivity index (χ4n) is 3.19. The third-order valence-corrected chi connectivity index (χ3v) is 5.25. The molecule has 2 aromatic carbocycles. The van der Waals surface area contributed by atoms with Crippen molar-refractivity contribution < 1.29 is 4.92 Å². The molecule has 0 aliphatic rings. The quantitative estimate of drug-likeness (QED) is 0.310. The second-order valence-electron chi connectivity index (χ2n) is 7.40. The summed E-state index contributed by atoms with van der Waals surface area (Å²) >= 11 is 12.5. The average Bonchev–Trinajstić information content (AvgIpc) is 2.72. The number of nitrogens with zero attached hydrogens (tertiary/aromatic N) is 4. The number of aryl methyl sites for hydroxylation is 1. The zero-order valence-corrected chi connectivity index (χ0v) is 19.1. The fourth-order valence-corrected chi connectivity index (χ4v) is 3.59. The Kier molecular flexibility index (Phi) is 7.13. The smallest absolute Gasteiger partial charge is 0.353 e. The van der Waals surface area contributed by atoms with Crippen molar-refractivity contribution in [1.29, 1.82) is 5.26 Å². The number of halogens is 2. The van der Waals surface area contributed by atoms with Crippen molar-refractivity contribution in [2.24, 2.45) is 0 Å². The van der Waals surface area contributed by atoms with Crippen LogP contribution in [0.1, 0.15) is 36.5 Å². The number of rotatable bonds is 7. The summed E-state index contributed by atoms with van der Waals surface area (Å²) in [5.74, 6) is -0.437. The van der Waals surface area contributed by atoms with Crippen LogP contribution in [0.5, 0.6) is 0 Å². The van der Waals surface area contributed by atoms with Crippen LogP contribution in [-0.4, -0.2) is 20.9 Å². The van der Waals surface area contributed by atoms with Crippen molar-refractivity contribution in [2.45, 2.75) is 32.7 Å². The Morgan fingerprint density at radius 2 is 1.78 bits per heavy atom. The molecule has 0 fully saturated rings. The minimum absolute atomic E-state index is 0.0367. The Morgan fingerprint density at radius 3 is 2.38 bits per heavy atom. The van der Waals surface area contributed by atoms with E-state index in [-0.39, 0.29) is 23.4 Å². The first kappa shape index (κ1) is 23.3. The first-order valence-electron chi connectivity index (χ1n) is 9.69. The summed E-state index contributed by atoms with van der Waals surface area (Å²) in [7, 11) is 0. The minimum Gasteiger partial charge on any atom is -0.362 e. The van der Waals surface area contributed by atoms with Gasteiger partial charge in [0, 0.05) is 21.8 Å². The molecule has 0 spiro atoms. The number of benzene rings is 2. The summed E-state index contributed by atoms with van der Waals surface area (Å²) in [6.45, 7) is 5.53. The Hall–Kier alpha value is -3.41. The first-order valence-corrected chi connectivity index (χ1v) is 10.4. The van der Waals surface area contributed by atoms with Crippen LogP contribution in [0, 0.1) is 28.4 Å². The van der Waals surface area contributed by atoms with Gasteiger partial charge in [-0.3, -0.25) is 10.1 Å². The zero-order chi connectivity index (χ0) is 23.4. The summed E-state index contributed by atoms with van der Waals surface area (Å²) in [4.78, 5) is 19.2. The predicted molar refractivity (Wildman–Crippen MR) is 126 cm³/mol. The summed E-state index contributed by atoms with van der Waals surface area (Å²) in [5, 5.41) is 28.3. The topological polar surface area (TPSA) is 117 Å². The lowest BCUT2D eigenvalue weighted by Crippen LogP contribution is -2.14. The number of anilines is 3. The van der Waals surface area contributed by atoms with E-state index < -0.39 is 10.8 Å². The maximum Gasteiger partial charge on any atom is 0.353 e. The molecule has 2 N–H and O–H groups in total. The van der Waals surface area contributed by atoms with Gasteiger partial charge in [0.1, 0.15) is 6.33 Å². The lowest BCUT2D eigenvalue weighted by atomic mass is 9.91. The van der Waals surface area contributed by atoms with Crippen LogP contribution in [0.3, 0.4) is 0 Å². The highest BCUT2D eigenvalue weighted by atomic mass is 35.5. The normalized spacial score (nSPS) is 11.7. The standard InChI is InChI=1S/C22H20Cl2N6O2/c1-12(2)28-21-20(30(31)32)22(27-11-26-21)29-19-9-18(24)16(8-13(19)3)17(10-25)14-4-6-15(23)7-5-14/h4-9,11-12,17H,1-3H3,(H2,26,27,28,29). The van der Waals surface area contributed by atoms with Crippen molar-refractivity contribution in [3.8, 4) is 6.07 Å². The van der Waals surface area contributed by atoms with Gasteiger partial charge in [-0.25, -0.2) is 9.97 Å². The summed E-state index contributed by atoms with van der Waals surface area (Å²) in [6.07, 6.45) is 1.25. The zero-order valence-electron chi connectivity index (χ0n) is 17.6. The van der Waals surface area contributed by atoms with Gasteiger partial charge >= 0.3 is 5.69 Å². The van der Waals surface area contributed by atoms with E-state index in [1.807, 2.05) is 20.8 Å². The highest BCUT2D eigenvalue weighted by Crippen LogP contribution is 2.37. The summed E-state index contributed by atoms with van der Waals surface area (Å²) in [6, 6.07) is 12.6. The molecule has 164 valence electrons. The number of hydrogen-bond acceptors (Lipinski definition) is 7. The van der Waals surface area contributed by atoms with E-state index in [2.05, 4.69) is 26.7 Å². The molecule has 8 nitrogen and oxygen atoms in total. The van der Waals surface area contributed by atoms with E-state index in [4.69, 9.17) is 23.2 Å². The molecule has 0 aliphatic heterocycles. The predicted octanol–water partition coefficient (Wildman–Crippen LogP) is 6.22. The van der Waals surface area contributed by atoms with Crippen LogP contribution in [0.15, 0.2) is 42.7 Å². The largest absolute Gasteiger partial charge is 0.362 e. The molecular weight excluding hydrogens is 451 g/mol. The molecule has 1 aromatic heterocycles. The second-order valence-corrected chi connectivity index (χ2v) is 8.25. The molecule has 10 heteroatoms. The molecule has 1 unspecified atom stereocenters. The van der Waals surface area contributed by atoms with Gasteiger partial charge in [-0.15, -0.1) is 0 Å². The second kappa shape index (κ2) is 9.81. The van der Waals surface area contributed by atoms with Gasteiger partial charge in [-0.2, -0.15) is 5.26 Å². The lowest BCUT2D eigenvalue weighted by Gasteiger charge is -2.17. The van der Waals surface area contributed by atoms with Crippen LogP contribution in [-0.2, 0) is 0 Å². The van der Waals surface area contributed by atoms with E-state index in [0.717, 1.165) is 11.1 Å². The molecule has 32 heavy (non-hydrogen) atoms. The van der Waals surface area contributed by atoms with E-state index in [9.17, 15) is 15.4 Å². The third-order valence-electron chi connectivity index (χ3n) is 4.67. The van der Waals surface area contributed by atoms with Gasteiger partial charge in [-0.1, -0.05) is 41.4 Å². The number of aromatic nitrogens is 2. The molecule has 3 aromatic rings.